The lowest BCUT2D eigenvalue weighted by Gasteiger charge is -2.34. The van der Waals surface area contributed by atoms with Crippen molar-refractivity contribution in [3.05, 3.63) is 35.4 Å². The second kappa shape index (κ2) is 6.40. The van der Waals surface area contributed by atoms with Crippen molar-refractivity contribution in [2.24, 2.45) is 0 Å². The van der Waals surface area contributed by atoms with E-state index >= 15 is 0 Å². The van der Waals surface area contributed by atoms with Crippen LogP contribution in [0.25, 0.3) is 11.1 Å². The summed E-state index contributed by atoms with van der Waals surface area (Å²) >= 11 is 6.01. The van der Waals surface area contributed by atoms with Crippen molar-refractivity contribution in [2.75, 3.05) is 55.0 Å². The maximum atomic E-state index is 6.01. The number of hydrogen-bond donors (Lipinski definition) is 0. The van der Waals surface area contributed by atoms with Crippen molar-refractivity contribution in [1.29, 1.82) is 0 Å². The molecule has 130 valence electrons. The molecule has 0 bridgehead atoms. The van der Waals surface area contributed by atoms with E-state index in [-0.39, 0.29) is 0 Å². The van der Waals surface area contributed by atoms with E-state index in [1.807, 2.05) is 49.3 Å². The second-order valence-corrected chi connectivity index (χ2v) is 6.66. The highest BCUT2D eigenvalue weighted by atomic mass is 35.5. The van der Waals surface area contributed by atoms with Crippen LogP contribution in [-0.4, -0.2) is 55.5 Å². The Morgan fingerprint density at radius 1 is 1.00 bits per heavy atom. The van der Waals surface area contributed by atoms with E-state index in [1.165, 1.54) is 0 Å². The monoisotopic (exact) mass is 358 g/mol. The van der Waals surface area contributed by atoms with Crippen LogP contribution in [0, 0.1) is 0 Å². The minimum Gasteiger partial charge on any atom is -0.423 e. The summed E-state index contributed by atoms with van der Waals surface area (Å²) in [5.41, 5.74) is 1.54. The molecule has 0 amide bonds. The van der Waals surface area contributed by atoms with Gasteiger partial charge in [-0.1, -0.05) is 11.6 Å². The summed E-state index contributed by atoms with van der Waals surface area (Å²) in [5, 5.41) is 9.24. The molecule has 3 heterocycles. The first kappa shape index (κ1) is 16.0. The van der Waals surface area contributed by atoms with Gasteiger partial charge in [-0.3, -0.25) is 0 Å². The molecule has 3 aromatic rings. The van der Waals surface area contributed by atoms with E-state index in [1.54, 1.807) is 0 Å². The van der Waals surface area contributed by atoms with Gasteiger partial charge in [0.25, 0.3) is 6.01 Å². The Kier molecular flexibility index (Phi) is 4.09. The fraction of sp³-hybridized carbons (Fsp3) is 0.353. The summed E-state index contributed by atoms with van der Waals surface area (Å²) in [6.07, 6.45) is 0. The Hall–Kier alpha value is -2.54. The van der Waals surface area contributed by atoms with Gasteiger partial charge >= 0.3 is 0 Å². The first-order valence-electron chi connectivity index (χ1n) is 8.17. The van der Waals surface area contributed by atoms with Crippen LogP contribution in [-0.2, 0) is 0 Å². The van der Waals surface area contributed by atoms with Gasteiger partial charge in [-0.25, -0.2) is 0 Å². The normalized spacial score (nSPS) is 15.0. The van der Waals surface area contributed by atoms with Gasteiger partial charge in [0.1, 0.15) is 5.52 Å². The minimum absolute atomic E-state index is 0.644. The molecule has 1 aliphatic heterocycles. The standard InChI is InChI=1S/C17H19ClN6O/c1-22(2)15-5-6-16(21-20-15)23-7-9-24(10-8-23)17-19-13-11-12(18)3-4-14(13)25-17/h3-6,11H,7-10H2,1-2H3. The minimum atomic E-state index is 0.644. The highest BCUT2D eigenvalue weighted by Gasteiger charge is 2.22. The fourth-order valence-electron chi connectivity index (χ4n) is 2.88. The molecule has 1 fully saturated rings. The molecule has 0 spiro atoms. The number of halogens is 1. The molecule has 25 heavy (non-hydrogen) atoms. The Morgan fingerprint density at radius 3 is 2.44 bits per heavy atom. The van der Waals surface area contributed by atoms with Crippen LogP contribution >= 0.6 is 11.6 Å². The number of rotatable bonds is 3. The van der Waals surface area contributed by atoms with E-state index in [9.17, 15) is 0 Å². The third-order valence-electron chi connectivity index (χ3n) is 4.31. The Balaban J connectivity index is 1.45. The highest BCUT2D eigenvalue weighted by Crippen LogP contribution is 2.26. The summed E-state index contributed by atoms with van der Waals surface area (Å²) in [6, 6.07) is 10.1. The maximum absolute atomic E-state index is 6.01. The van der Waals surface area contributed by atoms with Crippen molar-refractivity contribution in [2.45, 2.75) is 0 Å². The Bertz CT molecular complexity index is 870. The highest BCUT2D eigenvalue weighted by molar-refractivity contribution is 6.31. The van der Waals surface area contributed by atoms with Gasteiger partial charge in [0.15, 0.2) is 17.2 Å². The number of piperazine rings is 1. The zero-order valence-corrected chi connectivity index (χ0v) is 14.9. The van der Waals surface area contributed by atoms with Crippen LogP contribution in [0.5, 0.6) is 0 Å². The van der Waals surface area contributed by atoms with Crippen LogP contribution in [0.2, 0.25) is 5.02 Å². The van der Waals surface area contributed by atoms with Gasteiger partial charge in [0.2, 0.25) is 0 Å². The van der Waals surface area contributed by atoms with Crippen molar-refractivity contribution in [3.8, 4) is 0 Å². The summed E-state index contributed by atoms with van der Waals surface area (Å²) in [7, 11) is 3.91. The molecule has 2 aromatic heterocycles. The van der Waals surface area contributed by atoms with Gasteiger partial charge in [-0.05, 0) is 30.3 Å². The van der Waals surface area contributed by atoms with Crippen LogP contribution in [0.3, 0.4) is 0 Å². The molecule has 7 nitrogen and oxygen atoms in total. The maximum Gasteiger partial charge on any atom is 0.298 e. The third kappa shape index (κ3) is 3.19. The Labute approximate surface area is 150 Å². The number of benzene rings is 1. The number of anilines is 3. The second-order valence-electron chi connectivity index (χ2n) is 6.23. The van der Waals surface area contributed by atoms with Gasteiger partial charge in [0, 0.05) is 45.3 Å². The summed E-state index contributed by atoms with van der Waals surface area (Å²) in [4.78, 5) is 10.9. The first-order chi connectivity index (χ1) is 12.1. The molecule has 0 radical (unpaired) electrons. The largest absolute Gasteiger partial charge is 0.423 e. The number of aromatic nitrogens is 3. The molecule has 1 aromatic carbocycles. The van der Waals surface area contributed by atoms with Gasteiger partial charge in [0.05, 0.1) is 0 Å². The van der Waals surface area contributed by atoms with Gasteiger partial charge in [-0.2, -0.15) is 4.98 Å². The number of fused-ring (bicyclic) bond motifs is 1. The zero-order chi connectivity index (χ0) is 17.4. The predicted molar refractivity (Wildman–Crippen MR) is 99.8 cm³/mol. The lowest BCUT2D eigenvalue weighted by atomic mass is 10.3. The summed E-state index contributed by atoms with van der Waals surface area (Å²) in [5.74, 6) is 1.75. The summed E-state index contributed by atoms with van der Waals surface area (Å²) < 4.78 is 5.85. The van der Waals surface area contributed by atoms with Crippen molar-refractivity contribution in [1.82, 2.24) is 15.2 Å². The van der Waals surface area contributed by atoms with E-state index in [4.69, 9.17) is 16.0 Å². The zero-order valence-electron chi connectivity index (χ0n) is 14.2. The summed E-state index contributed by atoms with van der Waals surface area (Å²) in [6.45, 7) is 3.32. The van der Waals surface area contributed by atoms with Crippen molar-refractivity contribution >= 4 is 40.4 Å². The quantitative estimate of drug-likeness (QED) is 0.713. The molecule has 0 aliphatic carbocycles. The van der Waals surface area contributed by atoms with Gasteiger partial charge < -0.3 is 19.1 Å². The van der Waals surface area contributed by atoms with E-state index < -0.39 is 0 Å². The molecule has 0 unspecified atom stereocenters. The molecule has 1 aliphatic rings. The van der Waals surface area contributed by atoms with E-state index in [0.717, 1.165) is 48.9 Å². The van der Waals surface area contributed by atoms with Crippen molar-refractivity contribution in [3.63, 3.8) is 0 Å². The third-order valence-corrected chi connectivity index (χ3v) is 4.54. The van der Waals surface area contributed by atoms with E-state index in [2.05, 4.69) is 25.0 Å². The molecule has 1 saturated heterocycles. The van der Waals surface area contributed by atoms with Crippen LogP contribution in [0.4, 0.5) is 17.7 Å². The first-order valence-corrected chi connectivity index (χ1v) is 8.55. The molecule has 8 heteroatoms. The van der Waals surface area contributed by atoms with Crippen LogP contribution < -0.4 is 14.7 Å². The van der Waals surface area contributed by atoms with Crippen LogP contribution in [0.1, 0.15) is 0 Å². The molecule has 0 atom stereocenters. The number of nitrogens with zero attached hydrogens (tertiary/aromatic N) is 6. The smallest absolute Gasteiger partial charge is 0.298 e. The van der Waals surface area contributed by atoms with Crippen LogP contribution in [0.15, 0.2) is 34.7 Å². The lowest BCUT2D eigenvalue weighted by molar-refractivity contribution is 0.540. The average Bonchev–Trinajstić information content (AvgIpc) is 3.05. The fourth-order valence-corrected chi connectivity index (χ4v) is 3.04. The molecule has 0 saturated carbocycles. The van der Waals surface area contributed by atoms with Gasteiger partial charge in [-0.15, -0.1) is 10.2 Å². The average molecular weight is 359 g/mol. The molecular formula is C17H19ClN6O. The lowest BCUT2D eigenvalue weighted by Crippen LogP contribution is -2.47. The molecule has 0 N–H and O–H groups in total. The number of oxazole rings is 1. The predicted octanol–water partition coefficient (Wildman–Crippen LogP) is 2.66. The number of hydrogen-bond acceptors (Lipinski definition) is 7. The molecule has 4 rings (SSSR count). The SMILES string of the molecule is CN(C)c1ccc(N2CCN(c3nc4cc(Cl)ccc4o3)CC2)nn1. The molecular weight excluding hydrogens is 340 g/mol. The van der Waals surface area contributed by atoms with Crippen molar-refractivity contribution < 1.29 is 4.42 Å². The Morgan fingerprint density at radius 2 is 1.76 bits per heavy atom. The van der Waals surface area contributed by atoms with E-state index in [0.29, 0.717) is 11.0 Å². The topological polar surface area (TPSA) is 61.5 Å².